The van der Waals surface area contributed by atoms with Gasteiger partial charge in [0.1, 0.15) is 0 Å². The van der Waals surface area contributed by atoms with Crippen LogP contribution in [0.1, 0.15) is 31.4 Å². The number of hydrogen-bond acceptors (Lipinski definition) is 1. The molecule has 0 heterocycles. The van der Waals surface area contributed by atoms with E-state index in [-0.39, 0.29) is 6.04 Å². The van der Waals surface area contributed by atoms with Crippen molar-refractivity contribution in [1.82, 2.24) is 0 Å². The second-order valence-corrected chi connectivity index (χ2v) is 5.24. The maximum atomic E-state index is 6.18. The van der Waals surface area contributed by atoms with Gasteiger partial charge in [0.05, 0.1) is 0 Å². The largest absolute Gasteiger partial charge is 0.324 e. The number of rotatable bonds is 3. The third-order valence-corrected chi connectivity index (χ3v) is 3.50. The molecule has 0 saturated carbocycles. The summed E-state index contributed by atoms with van der Waals surface area (Å²) in [6, 6.07) is 12.8. The van der Waals surface area contributed by atoms with E-state index in [4.69, 9.17) is 5.73 Å². The van der Waals surface area contributed by atoms with Crippen molar-refractivity contribution in [2.75, 3.05) is 0 Å². The first-order valence-corrected chi connectivity index (χ1v) is 6.84. The van der Waals surface area contributed by atoms with Crippen molar-refractivity contribution in [1.29, 1.82) is 0 Å². The Hall–Kier alpha value is -1.30. The van der Waals surface area contributed by atoms with Crippen LogP contribution >= 0.6 is 15.9 Å². The Morgan fingerprint density at radius 1 is 1.17 bits per heavy atom. The van der Waals surface area contributed by atoms with Crippen molar-refractivity contribution >= 4 is 26.7 Å². The SMILES string of the molecule is CC#CCCC(N)c1ccc2cc(Br)ccc2c1. The van der Waals surface area contributed by atoms with Gasteiger partial charge in [0.2, 0.25) is 0 Å². The van der Waals surface area contributed by atoms with Crippen LogP contribution in [-0.4, -0.2) is 0 Å². The van der Waals surface area contributed by atoms with Gasteiger partial charge in [-0.05, 0) is 47.9 Å². The molecule has 2 heteroatoms. The van der Waals surface area contributed by atoms with Gasteiger partial charge in [-0.1, -0.05) is 34.1 Å². The lowest BCUT2D eigenvalue weighted by molar-refractivity contribution is 0.668. The van der Waals surface area contributed by atoms with E-state index in [0.29, 0.717) is 0 Å². The summed E-state index contributed by atoms with van der Waals surface area (Å²) < 4.78 is 1.10. The highest BCUT2D eigenvalue weighted by atomic mass is 79.9. The average molecular weight is 302 g/mol. The standard InChI is InChI=1S/C16H16BrN/c1-2-3-4-5-16(18)14-7-6-13-11-15(17)9-8-12(13)10-14/h6-11,16H,4-5,18H2,1H3. The van der Waals surface area contributed by atoms with E-state index in [1.807, 2.05) is 6.92 Å². The highest BCUT2D eigenvalue weighted by molar-refractivity contribution is 9.10. The first-order valence-electron chi connectivity index (χ1n) is 6.05. The first-order chi connectivity index (χ1) is 8.70. The van der Waals surface area contributed by atoms with Crippen LogP contribution in [0.4, 0.5) is 0 Å². The summed E-state index contributed by atoms with van der Waals surface area (Å²) in [6.45, 7) is 1.86. The Labute approximate surface area is 117 Å². The van der Waals surface area contributed by atoms with E-state index in [0.717, 1.165) is 17.3 Å². The molecule has 1 atom stereocenters. The van der Waals surface area contributed by atoms with Crippen molar-refractivity contribution in [2.45, 2.75) is 25.8 Å². The molecule has 0 bridgehead atoms. The normalized spacial score (nSPS) is 11.9. The lowest BCUT2D eigenvalue weighted by atomic mass is 9.99. The molecule has 0 aliphatic rings. The van der Waals surface area contributed by atoms with E-state index < -0.39 is 0 Å². The molecule has 0 aliphatic heterocycles. The van der Waals surface area contributed by atoms with Crippen LogP contribution in [0.25, 0.3) is 10.8 Å². The molecular weight excluding hydrogens is 286 g/mol. The fourth-order valence-electron chi connectivity index (χ4n) is 1.99. The Balaban J connectivity index is 2.23. The number of nitrogens with two attached hydrogens (primary N) is 1. The molecular formula is C16H16BrN. The summed E-state index contributed by atoms with van der Waals surface area (Å²) in [6.07, 6.45) is 1.76. The molecule has 1 unspecified atom stereocenters. The van der Waals surface area contributed by atoms with Gasteiger partial charge in [-0.15, -0.1) is 11.8 Å². The molecule has 0 fully saturated rings. The van der Waals surface area contributed by atoms with Gasteiger partial charge >= 0.3 is 0 Å². The van der Waals surface area contributed by atoms with Crippen LogP contribution in [0.5, 0.6) is 0 Å². The summed E-state index contributed by atoms with van der Waals surface area (Å²) in [7, 11) is 0. The first kappa shape index (κ1) is 13.1. The highest BCUT2D eigenvalue weighted by Crippen LogP contribution is 2.24. The number of fused-ring (bicyclic) bond motifs is 1. The molecule has 0 aliphatic carbocycles. The molecule has 0 saturated heterocycles. The van der Waals surface area contributed by atoms with E-state index in [1.54, 1.807) is 0 Å². The summed E-state index contributed by atoms with van der Waals surface area (Å²) in [5, 5.41) is 2.46. The molecule has 0 amide bonds. The molecule has 0 spiro atoms. The lowest BCUT2D eigenvalue weighted by Crippen LogP contribution is -2.09. The quantitative estimate of drug-likeness (QED) is 0.835. The smallest absolute Gasteiger partial charge is 0.0304 e. The van der Waals surface area contributed by atoms with Gasteiger partial charge in [0.25, 0.3) is 0 Å². The zero-order valence-electron chi connectivity index (χ0n) is 10.4. The molecule has 92 valence electrons. The lowest BCUT2D eigenvalue weighted by Gasteiger charge is -2.11. The third kappa shape index (κ3) is 3.13. The number of benzene rings is 2. The van der Waals surface area contributed by atoms with Crippen LogP contribution < -0.4 is 5.73 Å². The molecule has 2 rings (SSSR count). The van der Waals surface area contributed by atoms with Crippen LogP contribution in [-0.2, 0) is 0 Å². The predicted octanol–water partition coefficient (Wildman–Crippen LogP) is 4.41. The number of halogens is 1. The molecule has 1 nitrogen and oxygen atoms in total. The zero-order valence-corrected chi connectivity index (χ0v) is 12.0. The Morgan fingerprint density at radius 3 is 2.67 bits per heavy atom. The van der Waals surface area contributed by atoms with Crippen LogP contribution in [0.2, 0.25) is 0 Å². The predicted molar refractivity (Wildman–Crippen MR) is 81.3 cm³/mol. The Kier molecular flexibility index (Phi) is 4.41. The maximum Gasteiger partial charge on any atom is 0.0304 e. The van der Waals surface area contributed by atoms with Crippen molar-refractivity contribution in [3.8, 4) is 11.8 Å². The second kappa shape index (κ2) is 6.04. The molecule has 0 aromatic heterocycles. The van der Waals surface area contributed by atoms with Gasteiger partial charge in [-0.2, -0.15) is 0 Å². The zero-order chi connectivity index (χ0) is 13.0. The van der Waals surface area contributed by atoms with E-state index in [1.165, 1.54) is 16.3 Å². The van der Waals surface area contributed by atoms with Gasteiger partial charge in [0.15, 0.2) is 0 Å². The van der Waals surface area contributed by atoms with E-state index >= 15 is 0 Å². The minimum atomic E-state index is 0.0684. The monoisotopic (exact) mass is 301 g/mol. The fraction of sp³-hybridized carbons (Fsp3) is 0.250. The van der Waals surface area contributed by atoms with Crippen LogP contribution in [0, 0.1) is 11.8 Å². The summed E-state index contributed by atoms with van der Waals surface area (Å²) in [5.74, 6) is 5.96. The van der Waals surface area contributed by atoms with Gasteiger partial charge < -0.3 is 5.73 Å². The number of hydrogen-bond donors (Lipinski definition) is 1. The van der Waals surface area contributed by atoms with Crippen molar-refractivity contribution in [3.05, 3.63) is 46.4 Å². The van der Waals surface area contributed by atoms with Crippen LogP contribution in [0.3, 0.4) is 0 Å². The fourth-order valence-corrected chi connectivity index (χ4v) is 2.36. The molecule has 2 N–H and O–H groups in total. The van der Waals surface area contributed by atoms with Gasteiger partial charge in [0, 0.05) is 16.9 Å². The summed E-state index contributed by atoms with van der Waals surface area (Å²) in [4.78, 5) is 0. The minimum Gasteiger partial charge on any atom is -0.324 e. The highest BCUT2D eigenvalue weighted by Gasteiger charge is 2.06. The maximum absolute atomic E-state index is 6.18. The minimum absolute atomic E-state index is 0.0684. The molecule has 0 radical (unpaired) electrons. The summed E-state index contributed by atoms with van der Waals surface area (Å²) >= 11 is 3.48. The Morgan fingerprint density at radius 2 is 1.89 bits per heavy atom. The van der Waals surface area contributed by atoms with Crippen LogP contribution in [0.15, 0.2) is 40.9 Å². The Bertz CT molecular complexity index is 607. The van der Waals surface area contributed by atoms with Crippen molar-refractivity contribution in [2.24, 2.45) is 5.73 Å². The molecule has 2 aromatic carbocycles. The average Bonchev–Trinajstić information content (AvgIpc) is 2.38. The van der Waals surface area contributed by atoms with Crippen molar-refractivity contribution in [3.63, 3.8) is 0 Å². The second-order valence-electron chi connectivity index (χ2n) is 4.32. The topological polar surface area (TPSA) is 26.0 Å². The van der Waals surface area contributed by atoms with Crippen molar-refractivity contribution < 1.29 is 0 Å². The summed E-state index contributed by atoms with van der Waals surface area (Å²) in [5.41, 5.74) is 7.36. The third-order valence-electron chi connectivity index (χ3n) is 3.01. The van der Waals surface area contributed by atoms with E-state index in [2.05, 4.69) is 64.2 Å². The molecule has 18 heavy (non-hydrogen) atoms. The van der Waals surface area contributed by atoms with Gasteiger partial charge in [-0.25, -0.2) is 0 Å². The molecule has 2 aromatic rings. The van der Waals surface area contributed by atoms with Gasteiger partial charge in [-0.3, -0.25) is 0 Å². The van der Waals surface area contributed by atoms with E-state index in [9.17, 15) is 0 Å².